The molecule has 0 spiro atoms. The highest BCUT2D eigenvalue weighted by atomic mass is 35.5. The van der Waals surface area contributed by atoms with Crippen molar-refractivity contribution in [3.63, 3.8) is 0 Å². The van der Waals surface area contributed by atoms with Gasteiger partial charge in [-0.2, -0.15) is 0 Å². The van der Waals surface area contributed by atoms with Crippen molar-refractivity contribution < 1.29 is 9.53 Å². The lowest BCUT2D eigenvalue weighted by molar-refractivity contribution is -0.118. The molecule has 1 saturated heterocycles. The standard InChI is InChI=1S/C18H20ClN3O3S/c19-11-3-6-14-15(8-11)21-18(26-10-16(23)20-12-4-5-12)22(17(14)24)9-13-2-1-7-25-13/h3,6,8,12-13H,1-2,4-5,7,9-10H2,(H,20,23)/t13-/m1/s1. The van der Waals surface area contributed by atoms with Crippen molar-refractivity contribution in [3.05, 3.63) is 33.6 Å². The number of benzene rings is 1. The second-order valence-electron chi connectivity index (χ2n) is 6.74. The predicted octanol–water partition coefficient (Wildman–Crippen LogP) is 2.60. The number of rotatable bonds is 6. The largest absolute Gasteiger partial charge is 0.376 e. The Kier molecular flexibility index (Phi) is 5.20. The Bertz CT molecular complexity index is 891. The molecule has 1 aromatic heterocycles. The normalized spacial score (nSPS) is 19.8. The van der Waals surface area contributed by atoms with E-state index in [4.69, 9.17) is 16.3 Å². The average Bonchev–Trinajstić information content (AvgIpc) is 3.27. The molecule has 2 aliphatic rings. The van der Waals surface area contributed by atoms with Crippen molar-refractivity contribution in [2.24, 2.45) is 0 Å². The van der Waals surface area contributed by atoms with Crippen molar-refractivity contribution in [1.82, 2.24) is 14.9 Å². The highest BCUT2D eigenvalue weighted by Crippen LogP contribution is 2.23. The van der Waals surface area contributed by atoms with Crippen molar-refractivity contribution in [2.45, 2.75) is 49.5 Å². The van der Waals surface area contributed by atoms with Crippen LogP contribution in [0, 0.1) is 0 Å². The van der Waals surface area contributed by atoms with Crippen LogP contribution in [0.3, 0.4) is 0 Å². The number of hydrogen-bond donors (Lipinski definition) is 1. The number of ether oxygens (including phenoxy) is 1. The summed E-state index contributed by atoms with van der Waals surface area (Å²) in [6.07, 6.45) is 4.04. The minimum Gasteiger partial charge on any atom is -0.376 e. The van der Waals surface area contributed by atoms with Gasteiger partial charge in [0.2, 0.25) is 5.91 Å². The Balaban J connectivity index is 1.64. The van der Waals surface area contributed by atoms with Crippen LogP contribution in [0.25, 0.3) is 10.9 Å². The molecule has 1 saturated carbocycles. The summed E-state index contributed by atoms with van der Waals surface area (Å²) in [6.45, 7) is 1.18. The van der Waals surface area contributed by atoms with Gasteiger partial charge < -0.3 is 10.1 Å². The number of amides is 1. The summed E-state index contributed by atoms with van der Waals surface area (Å²) in [5, 5.41) is 4.55. The van der Waals surface area contributed by atoms with E-state index >= 15 is 0 Å². The molecule has 0 unspecified atom stereocenters. The number of nitrogens with zero attached hydrogens (tertiary/aromatic N) is 2. The minimum absolute atomic E-state index is 0.0129. The van der Waals surface area contributed by atoms with Crippen LogP contribution in [0.15, 0.2) is 28.2 Å². The molecule has 2 aromatic rings. The van der Waals surface area contributed by atoms with E-state index in [2.05, 4.69) is 10.3 Å². The fraction of sp³-hybridized carbons (Fsp3) is 0.500. The third kappa shape index (κ3) is 4.05. The third-order valence-corrected chi connectivity index (χ3v) is 5.78. The van der Waals surface area contributed by atoms with Gasteiger partial charge in [0.1, 0.15) is 0 Å². The molecule has 6 nitrogen and oxygen atoms in total. The van der Waals surface area contributed by atoms with Gasteiger partial charge in [-0.15, -0.1) is 0 Å². The van der Waals surface area contributed by atoms with E-state index in [1.807, 2.05) is 0 Å². The zero-order valence-corrected chi connectivity index (χ0v) is 15.8. The highest BCUT2D eigenvalue weighted by Gasteiger charge is 2.24. The Labute approximate surface area is 160 Å². The number of carbonyl (C=O) groups is 1. The summed E-state index contributed by atoms with van der Waals surface area (Å²) in [7, 11) is 0. The number of aromatic nitrogens is 2. The first kappa shape index (κ1) is 17.8. The van der Waals surface area contributed by atoms with Crippen molar-refractivity contribution in [2.75, 3.05) is 12.4 Å². The van der Waals surface area contributed by atoms with Crippen LogP contribution in [-0.2, 0) is 16.1 Å². The lowest BCUT2D eigenvalue weighted by Gasteiger charge is -2.16. The molecule has 1 aliphatic carbocycles. The maximum Gasteiger partial charge on any atom is 0.262 e. The average molecular weight is 394 g/mol. The fourth-order valence-corrected chi connectivity index (χ4v) is 4.05. The van der Waals surface area contributed by atoms with E-state index in [1.54, 1.807) is 22.8 Å². The van der Waals surface area contributed by atoms with Gasteiger partial charge in [-0.1, -0.05) is 23.4 Å². The summed E-state index contributed by atoms with van der Waals surface area (Å²) < 4.78 is 7.33. The lowest BCUT2D eigenvalue weighted by Crippen LogP contribution is -2.30. The molecule has 1 amide bonds. The first-order chi connectivity index (χ1) is 12.6. The van der Waals surface area contributed by atoms with E-state index in [-0.39, 0.29) is 23.3 Å². The van der Waals surface area contributed by atoms with Crippen LogP contribution in [0.1, 0.15) is 25.7 Å². The monoisotopic (exact) mass is 393 g/mol. The maximum absolute atomic E-state index is 13.0. The zero-order chi connectivity index (χ0) is 18.1. The molecule has 1 aliphatic heterocycles. The van der Waals surface area contributed by atoms with E-state index in [0.29, 0.717) is 33.7 Å². The van der Waals surface area contributed by atoms with E-state index < -0.39 is 0 Å². The summed E-state index contributed by atoms with van der Waals surface area (Å²) >= 11 is 7.34. The maximum atomic E-state index is 13.0. The molecule has 2 fully saturated rings. The Hall–Kier alpha value is -1.57. The van der Waals surface area contributed by atoms with Crippen molar-refractivity contribution in [3.8, 4) is 0 Å². The molecule has 138 valence electrons. The topological polar surface area (TPSA) is 73.2 Å². The number of fused-ring (bicyclic) bond motifs is 1. The van der Waals surface area contributed by atoms with Crippen LogP contribution in [0.4, 0.5) is 0 Å². The van der Waals surface area contributed by atoms with Gasteiger partial charge in [0.15, 0.2) is 5.16 Å². The number of carbonyl (C=O) groups excluding carboxylic acids is 1. The number of halogens is 1. The molecule has 1 atom stereocenters. The van der Waals surface area contributed by atoms with Gasteiger partial charge in [-0.05, 0) is 43.9 Å². The van der Waals surface area contributed by atoms with Crippen LogP contribution in [-0.4, -0.2) is 40.0 Å². The van der Waals surface area contributed by atoms with Gasteiger partial charge in [-0.25, -0.2) is 4.98 Å². The van der Waals surface area contributed by atoms with Crippen LogP contribution in [0.5, 0.6) is 0 Å². The molecule has 1 aromatic carbocycles. The lowest BCUT2D eigenvalue weighted by atomic mass is 10.2. The third-order valence-electron chi connectivity index (χ3n) is 4.57. The summed E-state index contributed by atoms with van der Waals surface area (Å²) in [5.41, 5.74) is 0.434. The van der Waals surface area contributed by atoms with E-state index in [1.165, 1.54) is 11.8 Å². The van der Waals surface area contributed by atoms with Gasteiger partial charge in [0.25, 0.3) is 5.56 Å². The molecule has 26 heavy (non-hydrogen) atoms. The van der Waals surface area contributed by atoms with Crippen molar-refractivity contribution >= 4 is 40.2 Å². The van der Waals surface area contributed by atoms with Crippen LogP contribution >= 0.6 is 23.4 Å². The Morgan fingerprint density at radius 1 is 1.38 bits per heavy atom. The van der Waals surface area contributed by atoms with Crippen LogP contribution in [0.2, 0.25) is 5.02 Å². The number of thioether (sulfide) groups is 1. The molecule has 1 N–H and O–H groups in total. The quantitative estimate of drug-likeness (QED) is 0.603. The smallest absolute Gasteiger partial charge is 0.262 e. The molecule has 0 radical (unpaired) electrons. The second kappa shape index (κ2) is 7.58. The fourth-order valence-electron chi connectivity index (χ4n) is 3.06. The Morgan fingerprint density at radius 2 is 2.23 bits per heavy atom. The molecule has 2 heterocycles. The molecular formula is C18H20ClN3O3S. The van der Waals surface area contributed by atoms with Gasteiger partial charge in [-0.3, -0.25) is 14.2 Å². The first-order valence-electron chi connectivity index (χ1n) is 8.84. The van der Waals surface area contributed by atoms with E-state index in [9.17, 15) is 9.59 Å². The highest BCUT2D eigenvalue weighted by molar-refractivity contribution is 7.99. The van der Waals surface area contributed by atoms with Gasteiger partial charge in [0.05, 0.1) is 29.3 Å². The molecule has 4 rings (SSSR count). The summed E-state index contributed by atoms with van der Waals surface area (Å²) in [4.78, 5) is 29.6. The molecule has 8 heteroatoms. The summed E-state index contributed by atoms with van der Waals surface area (Å²) in [6, 6.07) is 5.40. The number of nitrogens with one attached hydrogen (secondary N) is 1. The second-order valence-corrected chi connectivity index (χ2v) is 8.12. The van der Waals surface area contributed by atoms with Gasteiger partial charge >= 0.3 is 0 Å². The van der Waals surface area contributed by atoms with Gasteiger partial charge in [0, 0.05) is 17.7 Å². The van der Waals surface area contributed by atoms with E-state index in [0.717, 1.165) is 32.3 Å². The molecular weight excluding hydrogens is 374 g/mol. The Morgan fingerprint density at radius 3 is 2.96 bits per heavy atom. The van der Waals surface area contributed by atoms with Crippen molar-refractivity contribution in [1.29, 1.82) is 0 Å². The zero-order valence-electron chi connectivity index (χ0n) is 14.2. The predicted molar refractivity (Wildman–Crippen MR) is 102 cm³/mol. The minimum atomic E-state index is -0.118. The SMILES string of the molecule is O=C(CSc1nc2cc(Cl)ccc2c(=O)n1C[C@H]1CCCO1)NC1CC1. The summed E-state index contributed by atoms with van der Waals surface area (Å²) in [5.74, 6) is 0.210. The van der Waals surface area contributed by atoms with Crippen LogP contribution < -0.4 is 10.9 Å². The first-order valence-corrected chi connectivity index (χ1v) is 10.2. The molecule has 0 bridgehead atoms. The number of hydrogen-bond acceptors (Lipinski definition) is 5.